The zero-order valence-electron chi connectivity index (χ0n) is 9.53. The van der Waals surface area contributed by atoms with Crippen LogP contribution in [-0.4, -0.2) is 24.3 Å². The van der Waals surface area contributed by atoms with Gasteiger partial charge in [-0.2, -0.15) is 0 Å². The zero-order chi connectivity index (χ0) is 12.9. The standard InChI is InChI=1S/C13H12F2O3/c14-7-1-2-9(11(15)3-7)13(5-18-6-13)10-4-8(10)12(16)17/h1-3,8,10H,4-6H2,(H,16,17). The summed E-state index contributed by atoms with van der Waals surface area (Å²) in [6.45, 7) is 0.619. The predicted octanol–water partition coefficient (Wildman–Crippen LogP) is 1.95. The van der Waals surface area contributed by atoms with E-state index in [1.165, 1.54) is 12.1 Å². The number of ether oxygens (including phenoxy) is 1. The Balaban J connectivity index is 1.95. The van der Waals surface area contributed by atoms with Gasteiger partial charge >= 0.3 is 5.97 Å². The van der Waals surface area contributed by atoms with Crippen LogP contribution in [0.3, 0.4) is 0 Å². The fourth-order valence-electron chi connectivity index (χ4n) is 2.86. The Morgan fingerprint density at radius 1 is 1.39 bits per heavy atom. The average Bonchev–Trinajstić information content (AvgIpc) is 3.00. The molecule has 1 aliphatic heterocycles. The number of carboxylic acid groups (broad SMARTS) is 1. The molecule has 0 bridgehead atoms. The van der Waals surface area contributed by atoms with Crippen LogP contribution >= 0.6 is 0 Å². The summed E-state index contributed by atoms with van der Waals surface area (Å²) in [5, 5.41) is 8.97. The quantitative estimate of drug-likeness (QED) is 0.896. The van der Waals surface area contributed by atoms with Crippen molar-refractivity contribution in [3.8, 4) is 0 Å². The molecule has 1 aliphatic carbocycles. The molecule has 0 spiro atoms. The molecule has 3 nitrogen and oxygen atoms in total. The molecule has 1 heterocycles. The fraction of sp³-hybridized carbons (Fsp3) is 0.462. The van der Waals surface area contributed by atoms with Crippen molar-refractivity contribution in [1.82, 2.24) is 0 Å². The van der Waals surface area contributed by atoms with E-state index in [4.69, 9.17) is 9.84 Å². The lowest BCUT2D eigenvalue weighted by molar-refractivity contribution is -0.140. The molecule has 1 N–H and O–H groups in total. The summed E-state index contributed by atoms with van der Waals surface area (Å²) in [5.41, 5.74) is -0.204. The normalized spacial score (nSPS) is 28.6. The second-order valence-electron chi connectivity index (χ2n) is 5.06. The van der Waals surface area contributed by atoms with Gasteiger partial charge in [-0.3, -0.25) is 4.79 Å². The Morgan fingerprint density at radius 2 is 2.11 bits per heavy atom. The predicted molar refractivity (Wildman–Crippen MR) is 58.1 cm³/mol. The summed E-state index contributed by atoms with van der Waals surface area (Å²) >= 11 is 0. The van der Waals surface area contributed by atoms with Crippen LogP contribution in [0.2, 0.25) is 0 Å². The summed E-state index contributed by atoms with van der Waals surface area (Å²) in [6.07, 6.45) is 0.537. The minimum absolute atomic E-state index is 0.108. The molecule has 1 aromatic carbocycles. The number of hydrogen-bond donors (Lipinski definition) is 1. The van der Waals surface area contributed by atoms with Gasteiger partial charge in [-0.1, -0.05) is 6.07 Å². The van der Waals surface area contributed by atoms with Crippen molar-refractivity contribution in [3.63, 3.8) is 0 Å². The molecule has 18 heavy (non-hydrogen) atoms. The van der Waals surface area contributed by atoms with E-state index >= 15 is 0 Å². The van der Waals surface area contributed by atoms with Crippen molar-refractivity contribution in [2.75, 3.05) is 13.2 Å². The number of carbonyl (C=O) groups is 1. The first-order valence-corrected chi connectivity index (χ1v) is 5.81. The molecule has 0 aromatic heterocycles. The topological polar surface area (TPSA) is 46.5 Å². The van der Waals surface area contributed by atoms with Crippen LogP contribution in [0, 0.1) is 23.5 Å². The second kappa shape index (κ2) is 3.75. The SMILES string of the molecule is O=C(O)C1CC1C1(c2ccc(F)cc2F)COC1. The number of aliphatic carboxylic acids is 1. The molecule has 0 radical (unpaired) electrons. The van der Waals surface area contributed by atoms with Crippen LogP contribution in [0.1, 0.15) is 12.0 Å². The maximum atomic E-state index is 13.8. The Bertz CT molecular complexity index is 511. The monoisotopic (exact) mass is 254 g/mol. The van der Waals surface area contributed by atoms with Gasteiger partial charge in [0.1, 0.15) is 11.6 Å². The van der Waals surface area contributed by atoms with Crippen LogP contribution in [0.4, 0.5) is 8.78 Å². The molecular weight excluding hydrogens is 242 g/mol. The lowest BCUT2D eigenvalue weighted by Gasteiger charge is -2.42. The van der Waals surface area contributed by atoms with Gasteiger partial charge in [-0.25, -0.2) is 8.78 Å². The van der Waals surface area contributed by atoms with E-state index in [0.29, 0.717) is 25.2 Å². The molecule has 1 saturated carbocycles. The van der Waals surface area contributed by atoms with E-state index < -0.39 is 28.9 Å². The third-order valence-corrected chi connectivity index (χ3v) is 4.00. The van der Waals surface area contributed by atoms with E-state index in [1.54, 1.807) is 0 Å². The number of benzene rings is 1. The van der Waals surface area contributed by atoms with E-state index in [1.807, 2.05) is 0 Å². The van der Waals surface area contributed by atoms with Gasteiger partial charge in [0, 0.05) is 11.5 Å². The Hall–Kier alpha value is -1.49. The van der Waals surface area contributed by atoms with Crippen molar-refractivity contribution in [2.45, 2.75) is 11.8 Å². The van der Waals surface area contributed by atoms with Gasteiger partial charge in [0.2, 0.25) is 0 Å². The van der Waals surface area contributed by atoms with E-state index in [9.17, 15) is 13.6 Å². The van der Waals surface area contributed by atoms with Crippen LogP contribution in [0.15, 0.2) is 18.2 Å². The van der Waals surface area contributed by atoms with Crippen molar-refractivity contribution in [3.05, 3.63) is 35.4 Å². The van der Waals surface area contributed by atoms with Gasteiger partial charge in [0.15, 0.2) is 0 Å². The molecule has 2 unspecified atom stereocenters. The lowest BCUT2D eigenvalue weighted by Crippen LogP contribution is -2.50. The minimum atomic E-state index is -0.853. The highest BCUT2D eigenvalue weighted by molar-refractivity contribution is 5.74. The molecule has 2 aliphatic rings. The largest absolute Gasteiger partial charge is 0.481 e. The molecule has 0 amide bonds. The summed E-state index contributed by atoms with van der Waals surface area (Å²) in [6, 6.07) is 3.45. The molecule has 3 rings (SSSR count). The Morgan fingerprint density at radius 3 is 2.56 bits per heavy atom. The fourth-order valence-corrected chi connectivity index (χ4v) is 2.86. The van der Waals surface area contributed by atoms with E-state index in [-0.39, 0.29) is 5.92 Å². The number of carboxylic acids is 1. The highest BCUT2D eigenvalue weighted by atomic mass is 19.1. The van der Waals surface area contributed by atoms with Gasteiger partial charge in [0.05, 0.1) is 19.1 Å². The molecule has 5 heteroatoms. The van der Waals surface area contributed by atoms with Crippen molar-refractivity contribution in [1.29, 1.82) is 0 Å². The number of rotatable bonds is 3. The lowest BCUT2D eigenvalue weighted by atomic mass is 9.73. The Kier molecular flexibility index (Phi) is 2.41. The molecule has 2 atom stereocenters. The third kappa shape index (κ3) is 1.54. The van der Waals surface area contributed by atoms with Crippen LogP contribution < -0.4 is 0 Å². The molecular formula is C13H12F2O3. The smallest absolute Gasteiger partial charge is 0.306 e. The van der Waals surface area contributed by atoms with E-state index in [2.05, 4.69) is 0 Å². The molecule has 1 saturated heterocycles. The summed E-state index contributed by atoms with van der Waals surface area (Å²) in [5.74, 6) is -2.64. The summed E-state index contributed by atoms with van der Waals surface area (Å²) in [4.78, 5) is 10.9. The Labute approximate surface area is 102 Å². The highest BCUT2D eigenvalue weighted by Gasteiger charge is 2.61. The average molecular weight is 254 g/mol. The van der Waals surface area contributed by atoms with Gasteiger partial charge in [-0.15, -0.1) is 0 Å². The maximum absolute atomic E-state index is 13.8. The first-order valence-electron chi connectivity index (χ1n) is 5.81. The highest BCUT2D eigenvalue weighted by Crippen LogP contribution is 2.56. The van der Waals surface area contributed by atoms with Crippen LogP contribution in [0.25, 0.3) is 0 Å². The van der Waals surface area contributed by atoms with Crippen molar-refractivity contribution >= 4 is 5.97 Å². The van der Waals surface area contributed by atoms with Crippen LogP contribution in [0.5, 0.6) is 0 Å². The van der Waals surface area contributed by atoms with Crippen molar-refractivity contribution < 1.29 is 23.4 Å². The summed E-state index contributed by atoms with van der Waals surface area (Å²) < 4.78 is 31.9. The first kappa shape index (κ1) is 11.6. The summed E-state index contributed by atoms with van der Waals surface area (Å²) in [7, 11) is 0. The van der Waals surface area contributed by atoms with Crippen molar-refractivity contribution in [2.24, 2.45) is 11.8 Å². The number of halogens is 2. The first-order chi connectivity index (χ1) is 8.54. The molecule has 2 fully saturated rings. The molecule has 96 valence electrons. The van der Waals surface area contributed by atoms with E-state index in [0.717, 1.165) is 6.07 Å². The third-order valence-electron chi connectivity index (χ3n) is 4.00. The van der Waals surface area contributed by atoms with Crippen LogP contribution in [-0.2, 0) is 14.9 Å². The van der Waals surface area contributed by atoms with Gasteiger partial charge in [0.25, 0.3) is 0 Å². The number of hydrogen-bond acceptors (Lipinski definition) is 2. The minimum Gasteiger partial charge on any atom is -0.481 e. The van der Waals surface area contributed by atoms with Gasteiger partial charge < -0.3 is 9.84 Å². The zero-order valence-corrected chi connectivity index (χ0v) is 9.53. The maximum Gasteiger partial charge on any atom is 0.306 e. The molecule has 1 aromatic rings. The second-order valence-corrected chi connectivity index (χ2v) is 5.06. The van der Waals surface area contributed by atoms with Gasteiger partial charge in [-0.05, 0) is 24.0 Å².